The number of hydrogen-bond acceptors (Lipinski definition) is 4. The van der Waals surface area contributed by atoms with Crippen molar-refractivity contribution in [2.75, 3.05) is 5.73 Å². The van der Waals surface area contributed by atoms with Gasteiger partial charge in [-0.25, -0.2) is 0 Å². The van der Waals surface area contributed by atoms with Crippen LogP contribution in [0.2, 0.25) is 0 Å². The van der Waals surface area contributed by atoms with Gasteiger partial charge in [0.05, 0.1) is 0 Å². The first kappa shape index (κ1) is 13.8. The van der Waals surface area contributed by atoms with Crippen molar-refractivity contribution in [2.24, 2.45) is 0 Å². The number of rotatable bonds is 3. The van der Waals surface area contributed by atoms with E-state index < -0.39 is 0 Å². The molecule has 100 valence electrons. The Bertz CT molecular complexity index is 579. The van der Waals surface area contributed by atoms with E-state index in [1.165, 1.54) is 0 Å². The molecule has 0 aliphatic heterocycles. The molecule has 0 spiro atoms. The molecule has 1 aromatic carbocycles. The summed E-state index contributed by atoms with van der Waals surface area (Å²) in [4.78, 5) is 8.24. The quantitative estimate of drug-likeness (QED) is 0.866. The van der Waals surface area contributed by atoms with Crippen LogP contribution in [0.5, 0.6) is 11.8 Å². The minimum atomic E-state index is 0.249. The highest BCUT2D eigenvalue weighted by Crippen LogP contribution is 2.30. The molecule has 0 atom stereocenters. The van der Waals surface area contributed by atoms with E-state index in [0.717, 1.165) is 16.9 Å². The number of halogens is 1. The Morgan fingerprint density at radius 2 is 1.95 bits per heavy atom. The van der Waals surface area contributed by atoms with Crippen LogP contribution < -0.4 is 10.5 Å². The van der Waals surface area contributed by atoms with E-state index in [-0.39, 0.29) is 6.01 Å². The van der Waals surface area contributed by atoms with Crippen LogP contribution in [-0.4, -0.2) is 9.97 Å². The third-order valence-electron chi connectivity index (χ3n) is 2.69. The maximum Gasteiger partial charge on any atom is 0.325 e. The number of ether oxygens (including phenoxy) is 1. The maximum atomic E-state index is 5.78. The van der Waals surface area contributed by atoms with E-state index in [2.05, 4.69) is 51.9 Å². The molecule has 0 radical (unpaired) electrons. The largest absolute Gasteiger partial charge is 0.424 e. The van der Waals surface area contributed by atoms with E-state index in [1.807, 2.05) is 13.0 Å². The van der Waals surface area contributed by atoms with Gasteiger partial charge in [0.1, 0.15) is 16.2 Å². The van der Waals surface area contributed by atoms with Crippen LogP contribution in [0.15, 0.2) is 28.9 Å². The van der Waals surface area contributed by atoms with Gasteiger partial charge in [-0.3, -0.25) is 0 Å². The van der Waals surface area contributed by atoms with E-state index in [9.17, 15) is 0 Å². The molecule has 0 fully saturated rings. The topological polar surface area (TPSA) is 61.0 Å². The smallest absolute Gasteiger partial charge is 0.325 e. The molecule has 0 amide bonds. The van der Waals surface area contributed by atoms with Crippen LogP contribution >= 0.6 is 15.9 Å². The van der Waals surface area contributed by atoms with Crippen molar-refractivity contribution in [3.63, 3.8) is 0 Å². The van der Waals surface area contributed by atoms with Gasteiger partial charge in [0.25, 0.3) is 0 Å². The Labute approximate surface area is 121 Å². The van der Waals surface area contributed by atoms with Crippen LogP contribution in [-0.2, 0) is 0 Å². The van der Waals surface area contributed by atoms with Crippen LogP contribution in [0.3, 0.4) is 0 Å². The zero-order valence-corrected chi connectivity index (χ0v) is 12.7. The molecule has 0 unspecified atom stereocenters. The van der Waals surface area contributed by atoms with Crippen molar-refractivity contribution >= 4 is 21.7 Å². The summed E-state index contributed by atoms with van der Waals surface area (Å²) in [6.45, 7) is 6.26. The Morgan fingerprint density at radius 3 is 2.58 bits per heavy atom. The lowest BCUT2D eigenvalue weighted by molar-refractivity contribution is 0.434. The number of nitrogens with two attached hydrogens (primary N) is 1. The minimum absolute atomic E-state index is 0.249. The van der Waals surface area contributed by atoms with Crippen molar-refractivity contribution in [3.05, 3.63) is 40.0 Å². The van der Waals surface area contributed by atoms with Crippen molar-refractivity contribution in [1.82, 2.24) is 9.97 Å². The first-order chi connectivity index (χ1) is 8.95. The number of nitrogen functional groups attached to an aromatic ring is 1. The van der Waals surface area contributed by atoms with Crippen molar-refractivity contribution in [3.8, 4) is 11.8 Å². The summed E-state index contributed by atoms with van der Waals surface area (Å²) >= 11 is 3.28. The molecule has 0 aliphatic rings. The molecule has 5 heteroatoms. The molecular weight excluding hydrogens is 306 g/mol. The van der Waals surface area contributed by atoms with Crippen LogP contribution in [0.25, 0.3) is 0 Å². The highest BCUT2D eigenvalue weighted by atomic mass is 79.9. The first-order valence-corrected chi connectivity index (χ1v) is 6.83. The summed E-state index contributed by atoms with van der Waals surface area (Å²) in [5, 5.41) is 0. The summed E-state index contributed by atoms with van der Waals surface area (Å²) in [5.74, 6) is 1.50. The van der Waals surface area contributed by atoms with Crippen LogP contribution in [0.4, 0.5) is 5.82 Å². The van der Waals surface area contributed by atoms with E-state index >= 15 is 0 Å². The van der Waals surface area contributed by atoms with E-state index in [1.54, 1.807) is 6.07 Å². The lowest BCUT2D eigenvalue weighted by Gasteiger charge is -2.13. The number of nitrogens with zero attached hydrogens (tertiary/aromatic N) is 2. The lowest BCUT2D eigenvalue weighted by Crippen LogP contribution is -2.00. The van der Waals surface area contributed by atoms with Gasteiger partial charge in [-0.15, -0.1) is 0 Å². The summed E-state index contributed by atoms with van der Waals surface area (Å²) in [5.41, 5.74) is 7.93. The Kier molecular flexibility index (Phi) is 4.04. The second kappa shape index (κ2) is 5.57. The van der Waals surface area contributed by atoms with Gasteiger partial charge in [-0.2, -0.15) is 9.97 Å². The van der Waals surface area contributed by atoms with Gasteiger partial charge in [0, 0.05) is 6.07 Å². The molecule has 19 heavy (non-hydrogen) atoms. The fourth-order valence-corrected chi connectivity index (χ4v) is 2.15. The van der Waals surface area contributed by atoms with Gasteiger partial charge in [0.15, 0.2) is 0 Å². The van der Waals surface area contributed by atoms with Crippen molar-refractivity contribution in [2.45, 2.75) is 26.7 Å². The standard InChI is InChI=1S/C14H16BrN3O/c1-8(2)10-5-4-9(3)6-11(10)19-14-17-12(15)7-13(16)18-14/h4-8H,1-3H3,(H2,16,17,18). The molecule has 0 saturated heterocycles. The minimum Gasteiger partial charge on any atom is -0.424 e. The number of aromatic nitrogens is 2. The normalized spacial score (nSPS) is 10.8. The maximum absolute atomic E-state index is 5.78. The fourth-order valence-electron chi connectivity index (χ4n) is 1.76. The molecule has 2 aromatic rings. The van der Waals surface area contributed by atoms with Gasteiger partial charge >= 0.3 is 6.01 Å². The van der Waals surface area contributed by atoms with Gasteiger partial charge in [0.2, 0.25) is 0 Å². The Morgan fingerprint density at radius 1 is 1.21 bits per heavy atom. The molecule has 2 N–H and O–H groups in total. The zero-order valence-electron chi connectivity index (χ0n) is 11.1. The Balaban J connectivity index is 2.39. The summed E-state index contributed by atoms with van der Waals surface area (Å²) in [6, 6.07) is 8.00. The van der Waals surface area contributed by atoms with Crippen molar-refractivity contribution in [1.29, 1.82) is 0 Å². The predicted molar refractivity (Wildman–Crippen MR) is 79.5 cm³/mol. The van der Waals surface area contributed by atoms with Gasteiger partial charge in [-0.05, 0) is 46.0 Å². The number of aryl methyl sites for hydroxylation is 1. The van der Waals surface area contributed by atoms with E-state index in [0.29, 0.717) is 16.3 Å². The van der Waals surface area contributed by atoms with E-state index in [4.69, 9.17) is 10.5 Å². The molecule has 4 nitrogen and oxygen atoms in total. The average molecular weight is 322 g/mol. The molecule has 1 aromatic heterocycles. The molecule has 1 heterocycles. The first-order valence-electron chi connectivity index (χ1n) is 6.04. The Hall–Kier alpha value is -1.62. The third kappa shape index (κ3) is 3.44. The highest BCUT2D eigenvalue weighted by Gasteiger charge is 2.11. The SMILES string of the molecule is Cc1ccc(C(C)C)c(Oc2nc(N)cc(Br)n2)c1. The molecule has 0 aliphatic carbocycles. The number of anilines is 1. The van der Waals surface area contributed by atoms with Crippen LogP contribution in [0.1, 0.15) is 30.9 Å². The molecule has 0 bridgehead atoms. The molecular formula is C14H16BrN3O. The average Bonchev–Trinajstić information content (AvgIpc) is 2.26. The third-order valence-corrected chi connectivity index (χ3v) is 3.09. The predicted octanol–water partition coefficient (Wildman–Crippen LogP) is 4.05. The second-order valence-corrected chi connectivity index (χ2v) is 5.51. The van der Waals surface area contributed by atoms with Gasteiger partial charge in [-0.1, -0.05) is 26.0 Å². The molecule has 0 saturated carbocycles. The second-order valence-electron chi connectivity index (χ2n) is 4.70. The highest BCUT2D eigenvalue weighted by molar-refractivity contribution is 9.10. The van der Waals surface area contributed by atoms with Crippen LogP contribution in [0, 0.1) is 6.92 Å². The number of benzene rings is 1. The molecule has 2 rings (SSSR count). The summed E-state index contributed by atoms with van der Waals surface area (Å²) in [7, 11) is 0. The lowest BCUT2D eigenvalue weighted by atomic mass is 10.0. The fraction of sp³-hybridized carbons (Fsp3) is 0.286. The number of hydrogen-bond donors (Lipinski definition) is 1. The zero-order chi connectivity index (χ0) is 14.0. The van der Waals surface area contributed by atoms with Crippen molar-refractivity contribution < 1.29 is 4.74 Å². The van der Waals surface area contributed by atoms with Gasteiger partial charge < -0.3 is 10.5 Å². The monoisotopic (exact) mass is 321 g/mol. The summed E-state index contributed by atoms with van der Waals surface area (Å²) in [6.07, 6.45) is 0. The summed E-state index contributed by atoms with van der Waals surface area (Å²) < 4.78 is 6.39.